The van der Waals surface area contributed by atoms with Gasteiger partial charge >= 0.3 is 0 Å². The lowest BCUT2D eigenvalue weighted by atomic mass is 9.88. The Hall–Kier alpha value is -4.69. The van der Waals surface area contributed by atoms with Crippen LogP contribution in [0.25, 0.3) is 0 Å². The highest BCUT2D eigenvalue weighted by molar-refractivity contribution is 6.54. The van der Waals surface area contributed by atoms with Crippen molar-refractivity contribution in [3.05, 3.63) is 180 Å². The molecule has 49 heavy (non-hydrogen) atoms. The molecule has 0 spiro atoms. The number of hydrogen-bond donors (Lipinski definition) is 0. The molecule has 0 N–H and O–H groups in total. The van der Waals surface area contributed by atoms with E-state index in [-0.39, 0.29) is 0 Å². The average Bonchev–Trinajstić information content (AvgIpc) is 3.13. The van der Waals surface area contributed by atoms with Crippen molar-refractivity contribution in [3.8, 4) is 23.0 Å². The topological polar surface area (TPSA) is 27.7 Å². The minimum atomic E-state index is -0.694. The maximum absolute atomic E-state index is 7.77. The molecule has 0 amide bonds. The van der Waals surface area contributed by atoms with Gasteiger partial charge in [0, 0.05) is 0 Å². The predicted molar refractivity (Wildman–Crippen MR) is 210 cm³/mol. The van der Waals surface area contributed by atoms with Crippen LogP contribution in [-0.2, 0) is 15.9 Å². The van der Waals surface area contributed by atoms with Crippen LogP contribution in [0.4, 0.5) is 0 Å². The first-order valence-electron chi connectivity index (χ1n) is 17.3. The molecule has 2 atom stereocenters. The molecular weight excluding hydrogens is 633 g/mol. The zero-order valence-electron chi connectivity index (χ0n) is 29.1. The summed E-state index contributed by atoms with van der Waals surface area (Å²) in [4.78, 5) is 0. The van der Waals surface area contributed by atoms with Gasteiger partial charge in [-0.3, -0.25) is 0 Å². The van der Waals surface area contributed by atoms with Crippen LogP contribution in [-0.4, -0.2) is 19.0 Å². The van der Waals surface area contributed by atoms with E-state index in [1.165, 1.54) is 21.5 Å². The largest absolute Gasteiger partial charge is 0.457 e. The molecule has 0 heterocycles. The lowest BCUT2D eigenvalue weighted by molar-refractivity contribution is -0.132. The van der Waals surface area contributed by atoms with E-state index in [4.69, 9.17) is 14.2 Å². The molecule has 0 aliphatic carbocycles. The fraction of sp³-hybridized carbons (Fsp3) is 0.182. The first-order valence-corrected chi connectivity index (χ1v) is 20.7. The van der Waals surface area contributed by atoms with Crippen LogP contribution in [0.1, 0.15) is 36.1 Å². The summed E-state index contributed by atoms with van der Waals surface area (Å²) in [6.07, 6.45) is 0. The van der Waals surface area contributed by atoms with E-state index in [9.17, 15) is 0 Å². The third-order valence-electron chi connectivity index (χ3n) is 9.57. The molecule has 0 bridgehead atoms. The van der Waals surface area contributed by atoms with Gasteiger partial charge in [0.15, 0.2) is 0 Å². The van der Waals surface area contributed by atoms with E-state index in [1.54, 1.807) is 0 Å². The van der Waals surface area contributed by atoms with Gasteiger partial charge in [-0.25, -0.2) is 0 Å². The molecule has 0 aliphatic rings. The van der Waals surface area contributed by atoms with Gasteiger partial charge in [0.1, 0.15) is 23.0 Å². The molecular formula is C44H46O3Si2. The Morgan fingerprint density at radius 3 is 1.14 bits per heavy atom. The second-order valence-electron chi connectivity index (χ2n) is 13.2. The maximum Gasteiger partial charge on any atom is 0.130 e. The van der Waals surface area contributed by atoms with Crippen molar-refractivity contribution in [1.29, 1.82) is 0 Å². The minimum Gasteiger partial charge on any atom is -0.457 e. The molecule has 3 nitrogen and oxygen atoms in total. The monoisotopic (exact) mass is 678 g/mol. The zero-order valence-corrected chi connectivity index (χ0v) is 31.9. The smallest absolute Gasteiger partial charge is 0.130 e. The minimum absolute atomic E-state index is 0.579. The molecule has 248 valence electrons. The molecule has 2 unspecified atom stereocenters. The van der Waals surface area contributed by atoms with E-state index >= 15 is 0 Å². The summed E-state index contributed by atoms with van der Waals surface area (Å²) in [7, 11) is -1.39. The van der Waals surface area contributed by atoms with Gasteiger partial charge in [-0.2, -0.15) is 0 Å². The van der Waals surface area contributed by atoms with Crippen molar-refractivity contribution in [2.24, 2.45) is 0 Å². The molecule has 6 aromatic rings. The lowest BCUT2D eigenvalue weighted by Crippen LogP contribution is -2.41. The highest BCUT2D eigenvalue weighted by Crippen LogP contribution is 2.45. The first-order chi connectivity index (χ1) is 23.8. The fourth-order valence-electron chi connectivity index (χ4n) is 6.86. The molecule has 0 aliphatic heterocycles. The van der Waals surface area contributed by atoms with Crippen molar-refractivity contribution in [3.63, 3.8) is 0 Å². The van der Waals surface area contributed by atoms with Crippen LogP contribution in [0, 0.1) is 13.8 Å². The van der Waals surface area contributed by atoms with E-state index in [1.807, 2.05) is 60.7 Å². The van der Waals surface area contributed by atoms with E-state index < -0.39 is 30.2 Å². The van der Waals surface area contributed by atoms with Crippen molar-refractivity contribution >= 4 is 29.4 Å². The number of para-hydroxylation sites is 2. The third-order valence-corrected chi connectivity index (χ3v) is 14.1. The Labute approximate surface area is 296 Å². The standard InChI is InChI=1S/C44H46O3Si2/c1-33-39(27-17-29-41(33)45-35-19-9-5-10-20-35)43(3,31-48-37-23-13-7-14-24-37)47-44(4,32-49-38-25-15-8-16-26-38)40-28-18-30-42(34(40)2)46-36-21-11-6-12-22-36/h5-30H,31-32,48-49H2,1-4H3. The lowest BCUT2D eigenvalue weighted by Gasteiger charge is -2.43. The molecule has 5 heteroatoms. The summed E-state index contributed by atoms with van der Waals surface area (Å²) in [5.74, 6) is 3.37. The second kappa shape index (κ2) is 15.7. The molecule has 0 radical (unpaired) electrons. The van der Waals surface area contributed by atoms with Gasteiger partial charge in [-0.1, -0.05) is 132 Å². The van der Waals surface area contributed by atoms with E-state index in [0.717, 1.165) is 46.2 Å². The average molecular weight is 679 g/mol. The molecule has 0 saturated carbocycles. The van der Waals surface area contributed by atoms with Gasteiger partial charge in [-0.05, 0) is 98.4 Å². The van der Waals surface area contributed by atoms with Crippen LogP contribution in [0.3, 0.4) is 0 Å². The van der Waals surface area contributed by atoms with Gasteiger partial charge in [0.2, 0.25) is 0 Å². The van der Waals surface area contributed by atoms with E-state index in [2.05, 4.69) is 125 Å². The van der Waals surface area contributed by atoms with Crippen molar-refractivity contribution in [2.75, 3.05) is 0 Å². The summed E-state index contributed by atoms with van der Waals surface area (Å²) in [5.41, 5.74) is 3.40. The number of ether oxygens (including phenoxy) is 3. The summed E-state index contributed by atoms with van der Waals surface area (Å²) in [6, 6.07) is 56.6. The van der Waals surface area contributed by atoms with Crippen LogP contribution in [0.5, 0.6) is 23.0 Å². The summed E-state index contributed by atoms with van der Waals surface area (Å²) in [6.45, 7) is 8.96. The Morgan fingerprint density at radius 1 is 0.429 bits per heavy atom. The van der Waals surface area contributed by atoms with Crippen molar-refractivity contribution in [2.45, 2.75) is 51.0 Å². The molecule has 6 aromatic carbocycles. The van der Waals surface area contributed by atoms with Gasteiger partial charge in [0.25, 0.3) is 0 Å². The Kier molecular flexibility index (Phi) is 10.9. The normalized spacial score (nSPS) is 14.1. The Balaban J connectivity index is 1.43. The number of rotatable bonds is 14. The highest BCUT2D eigenvalue weighted by atomic mass is 28.2. The fourth-order valence-corrected chi connectivity index (χ4v) is 10.3. The summed E-state index contributed by atoms with van der Waals surface area (Å²) in [5, 5.41) is 2.86. The Morgan fingerprint density at radius 2 is 0.776 bits per heavy atom. The van der Waals surface area contributed by atoms with E-state index in [0.29, 0.717) is 0 Å². The highest BCUT2D eigenvalue weighted by Gasteiger charge is 2.40. The van der Waals surface area contributed by atoms with Gasteiger partial charge < -0.3 is 14.2 Å². The second-order valence-corrected chi connectivity index (χ2v) is 16.9. The van der Waals surface area contributed by atoms with Crippen molar-refractivity contribution < 1.29 is 14.2 Å². The summed E-state index contributed by atoms with van der Waals surface area (Å²) < 4.78 is 20.7. The van der Waals surface area contributed by atoms with Crippen LogP contribution in [0.2, 0.25) is 12.1 Å². The van der Waals surface area contributed by atoms with Crippen LogP contribution in [0.15, 0.2) is 158 Å². The molecule has 0 saturated heterocycles. The molecule has 6 rings (SSSR count). The third kappa shape index (κ3) is 8.49. The SMILES string of the molecule is Cc1c(Oc2ccccc2)cccc1C(C)(C[SiH2]c1ccccc1)OC(C)(C[SiH2]c1ccccc1)c1cccc(Oc2ccccc2)c1C. The van der Waals surface area contributed by atoms with Gasteiger partial charge in [0.05, 0.1) is 30.2 Å². The molecule has 0 aromatic heterocycles. The number of benzene rings is 6. The van der Waals surface area contributed by atoms with Crippen molar-refractivity contribution in [1.82, 2.24) is 0 Å². The Bertz CT molecular complexity index is 1790. The maximum atomic E-state index is 7.77. The molecule has 0 fully saturated rings. The van der Waals surface area contributed by atoms with Gasteiger partial charge in [-0.15, -0.1) is 0 Å². The zero-order chi connectivity index (χ0) is 34.1. The van der Waals surface area contributed by atoms with Crippen LogP contribution < -0.4 is 19.8 Å². The number of hydrogen-bond acceptors (Lipinski definition) is 3. The first kappa shape index (κ1) is 34.2. The summed E-state index contributed by atoms with van der Waals surface area (Å²) >= 11 is 0. The quantitative estimate of drug-likeness (QED) is 0.108. The van der Waals surface area contributed by atoms with Crippen LogP contribution >= 0.6 is 0 Å². The predicted octanol–water partition coefficient (Wildman–Crippen LogP) is 8.86.